The highest BCUT2D eigenvalue weighted by atomic mass is 35.5. The Hall–Kier alpha value is -2.04. The number of carbonyl (C=O) groups excluding carboxylic acids is 1. The molecule has 0 aliphatic carbocycles. The summed E-state index contributed by atoms with van der Waals surface area (Å²) in [4.78, 5) is 14.4. The van der Waals surface area contributed by atoms with Crippen LogP contribution in [0.15, 0.2) is 42.5 Å². The molecule has 1 atom stereocenters. The molecule has 1 amide bonds. The maximum atomic E-state index is 12.7. The molecule has 0 radical (unpaired) electrons. The Morgan fingerprint density at radius 1 is 1.23 bits per heavy atom. The lowest BCUT2D eigenvalue weighted by Crippen LogP contribution is -2.37. The van der Waals surface area contributed by atoms with Gasteiger partial charge in [-0.3, -0.25) is 4.79 Å². The van der Waals surface area contributed by atoms with Crippen molar-refractivity contribution in [2.45, 2.75) is 25.4 Å². The summed E-state index contributed by atoms with van der Waals surface area (Å²) in [6.07, 6.45) is 3.45. The Morgan fingerprint density at radius 2 is 2.00 bits per heavy atom. The summed E-state index contributed by atoms with van der Waals surface area (Å²) < 4.78 is 11.1. The van der Waals surface area contributed by atoms with Gasteiger partial charge in [-0.15, -0.1) is 0 Å². The van der Waals surface area contributed by atoms with Gasteiger partial charge in [0.25, 0.3) is 5.91 Å². The predicted octanol–water partition coefficient (Wildman–Crippen LogP) is 4.66. The first-order valence-corrected chi connectivity index (χ1v) is 9.27. The van der Waals surface area contributed by atoms with Crippen LogP contribution >= 0.6 is 11.6 Å². The minimum Gasteiger partial charge on any atom is -0.496 e. The highest BCUT2D eigenvalue weighted by molar-refractivity contribution is 6.31. The third kappa shape index (κ3) is 4.37. The van der Waals surface area contributed by atoms with E-state index in [1.54, 1.807) is 18.1 Å². The number of hydrogen-bond donors (Lipinski definition) is 0. The van der Waals surface area contributed by atoms with Gasteiger partial charge >= 0.3 is 0 Å². The zero-order chi connectivity index (χ0) is 18.5. The molecule has 0 spiro atoms. The Morgan fingerprint density at radius 3 is 2.65 bits per heavy atom. The van der Waals surface area contributed by atoms with E-state index in [9.17, 15) is 4.79 Å². The van der Waals surface area contributed by atoms with Gasteiger partial charge in [0.1, 0.15) is 5.75 Å². The van der Waals surface area contributed by atoms with Crippen molar-refractivity contribution in [3.8, 4) is 16.9 Å². The topological polar surface area (TPSA) is 38.8 Å². The third-order valence-corrected chi connectivity index (χ3v) is 4.94. The Kier molecular flexibility index (Phi) is 6.17. The molecule has 1 aliphatic rings. The van der Waals surface area contributed by atoms with E-state index in [-0.39, 0.29) is 12.0 Å². The van der Waals surface area contributed by atoms with Gasteiger partial charge in [-0.1, -0.05) is 23.7 Å². The molecule has 1 aliphatic heterocycles. The second kappa shape index (κ2) is 8.56. The first-order valence-electron chi connectivity index (χ1n) is 8.89. The standard InChI is InChI=1S/C21H24ClNO3/c1-23(14-18-5-3-4-12-26-18)21(24)16-8-6-15(7-9-16)19-13-17(22)10-11-20(19)25-2/h6-11,13,18H,3-5,12,14H2,1-2H3. The van der Waals surface area contributed by atoms with E-state index in [0.29, 0.717) is 17.1 Å². The van der Waals surface area contributed by atoms with Crippen molar-refractivity contribution in [1.29, 1.82) is 0 Å². The zero-order valence-corrected chi connectivity index (χ0v) is 16.0. The highest BCUT2D eigenvalue weighted by Crippen LogP contribution is 2.32. The predicted molar refractivity (Wildman–Crippen MR) is 104 cm³/mol. The highest BCUT2D eigenvalue weighted by Gasteiger charge is 2.20. The van der Waals surface area contributed by atoms with Crippen molar-refractivity contribution in [3.63, 3.8) is 0 Å². The number of halogens is 1. The molecule has 0 saturated carbocycles. The van der Waals surface area contributed by atoms with Crippen LogP contribution < -0.4 is 4.74 Å². The van der Waals surface area contributed by atoms with Gasteiger partial charge < -0.3 is 14.4 Å². The Labute approximate surface area is 159 Å². The zero-order valence-electron chi connectivity index (χ0n) is 15.2. The van der Waals surface area contributed by atoms with Crippen LogP contribution in [0.1, 0.15) is 29.6 Å². The van der Waals surface area contributed by atoms with Gasteiger partial charge in [-0.2, -0.15) is 0 Å². The first-order chi connectivity index (χ1) is 12.6. The van der Waals surface area contributed by atoms with Crippen molar-refractivity contribution in [1.82, 2.24) is 4.90 Å². The quantitative estimate of drug-likeness (QED) is 0.765. The van der Waals surface area contributed by atoms with E-state index in [2.05, 4.69) is 0 Å². The Bertz CT molecular complexity index is 754. The van der Waals surface area contributed by atoms with Crippen LogP contribution in [0.5, 0.6) is 5.75 Å². The fourth-order valence-electron chi connectivity index (χ4n) is 3.26. The van der Waals surface area contributed by atoms with Gasteiger partial charge in [-0.25, -0.2) is 0 Å². The number of hydrogen-bond acceptors (Lipinski definition) is 3. The van der Waals surface area contributed by atoms with Crippen LogP contribution in [0.4, 0.5) is 0 Å². The van der Waals surface area contributed by atoms with E-state index >= 15 is 0 Å². The maximum Gasteiger partial charge on any atom is 0.253 e. The molecule has 138 valence electrons. The summed E-state index contributed by atoms with van der Waals surface area (Å²) >= 11 is 6.11. The molecule has 1 unspecified atom stereocenters. The van der Waals surface area contributed by atoms with E-state index in [1.807, 2.05) is 43.4 Å². The monoisotopic (exact) mass is 373 g/mol. The SMILES string of the molecule is COc1ccc(Cl)cc1-c1ccc(C(=O)N(C)CC2CCCCO2)cc1. The van der Waals surface area contributed by atoms with Crippen molar-refractivity contribution in [2.75, 3.05) is 27.3 Å². The molecule has 3 rings (SSSR count). The molecular formula is C21H24ClNO3. The average molecular weight is 374 g/mol. The summed E-state index contributed by atoms with van der Waals surface area (Å²) in [5, 5.41) is 0.646. The number of carbonyl (C=O) groups is 1. The van der Waals surface area contributed by atoms with Crippen LogP contribution in [-0.2, 0) is 4.74 Å². The molecule has 0 N–H and O–H groups in total. The van der Waals surface area contributed by atoms with Crippen LogP contribution in [-0.4, -0.2) is 44.2 Å². The second-order valence-corrected chi connectivity index (χ2v) is 7.03. The number of ether oxygens (including phenoxy) is 2. The normalized spacial score (nSPS) is 17.0. The maximum absolute atomic E-state index is 12.7. The number of nitrogens with zero attached hydrogens (tertiary/aromatic N) is 1. The fraction of sp³-hybridized carbons (Fsp3) is 0.381. The van der Waals surface area contributed by atoms with Crippen molar-refractivity contribution in [3.05, 3.63) is 53.1 Å². The smallest absolute Gasteiger partial charge is 0.253 e. The minimum absolute atomic E-state index is 0.00350. The van der Waals surface area contributed by atoms with Gasteiger partial charge in [0.05, 0.1) is 13.2 Å². The lowest BCUT2D eigenvalue weighted by atomic mass is 10.0. The van der Waals surface area contributed by atoms with Crippen molar-refractivity contribution >= 4 is 17.5 Å². The molecule has 0 bridgehead atoms. The van der Waals surface area contributed by atoms with Crippen LogP contribution in [0, 0.1) is 0 Å². The molecule has 0 aromatic heterocycles. The fourth-order valence-corrected chi connectivity index (χ4v) is 3.43. The molecule has 26 heavy (non-hydrogen) atoms. The summed E-state index contributed by atoms with van der Waals surface area (Å²) in [5.74, 6) is 0.754. The van der Waals surface area contributed by atoms with E-state index in [4.69, 9.17) is 21.1 Å². The third-order valence-electron chi connectivity index (χ3n) is 4.70. The molecule has 2 aromatic rings. The van der Waals surface area contributed by atoms with E-state index in [0.717, 1.165) is 36.3 Å². The van der Waals surface area contributed by atoms with Crippen LogP contribution in [0.2, 0.25) is 5.02 Å². The average Bonchev–Trinajstić information content (AvgIpc) is 2.68. The minimum atomic E-state index is 0.00350. The van der Waals surface area contributed by atoms with Crippen LogP contribution in [0.25, 0.3) is 11.1 Å². The van der Waals surface area contributed by atoms with E-state index < -0.39 is 0 Å². The van der Waals surface area contributed by atoms with Crippen LogP contribution in [0.3, 0.4) is 0 Å². The number of likely N-dealkylation sites (N-methyl/N-ethyl adjacent to an activating group) is 1. The molecule has 1 fully saturated rings. The molecular weight excluding hydrogens is 350 g/mol. The van der Waals surface area contributed by atoms with Gasteiger partial charge in [-0.05, 0) is 55.2 Å². The Balaban J connectivity index is 1.72. The number of methoxy groups -OCH3 is 1. The molecule has 2 aromatic carbocycles. The molecule has 4 nitrogen and oxygen atoms in total. The van der Waals surface area contributed by atoms with E-state index in [1.165, 1.54) is 6.42 Å². The van der Waals surface area contributed by atoms with Gasteiger partial charge in [0, 0.05) is 36.3 Å². The van der Waals surface area contributed by atoms with Gasteiger partial charge in [0.2, 0.25) is 0 Å². The summed E-state index contributed by atoms with van der Waals surface area (Å²) in [6.45, 7) is 1.42. The number of rotatable bonds is 5. The molecule has 1 heterocycles. The van der Waals surface area contributed by atoms with Gasteiger partial charge in [0.15, 0.2) is 0 Å². The second-order valence-electron chi connectivity index (χ2n) is 6.60. The largest absolute Gasteiger partial charge is 0.496 e. The first kappa shape index (κ1) is 18.7. The molecule has 1 saturated heterocycles. The lowest BCUT2D eigenvalue weighted by Gasteiger charge is -2.27. The number of benzene rings is 2. The summed E-state index contributed by atoms with van der Waals surface area (Å²) in [7, 11) is 3.46. The number of amides is 1. The molecule has 5 heteroatoms. The summed E-state index contributed by atoms with van der Waals surface area (Å²) in [5.41, 5.74) is 2.52. The summed E-state index contributed by atoms with van der Waals surface area (Å²) in [6, 6.07) is 13.0. The van der Waals surface area contributed by atoms with Crippen molar-refractivity contribution in [2.24, 2.45) is 0 Å². The van der Waals surface area contributed by atoms with Crippen molar-refractivity contribution < 1.29 is 14.3 Å². The lowest BCUT2D eigenvalue weighted by molar-refractivity contribution is -0.000186.